The van der Waals surface area contributed by atoms with Gasteiger partial charge in [-0.25, -0.2) is 0 Å². The fourth-order valence-electron chi connectivity index (χ4n) is 3.76. The summed E-state index contributed by atoms with van der Waals surface area (Å²) in [5.41, 5.74) is 6.99. The summed E-state index contributed by atoms with van der Waals surface area (Å²) in [6.07, 6.45) is 3.99. The number of fused-ring (bicyclic) bond motifs is 2. The van der Waals surface area contributed by atoms with E-state index in [0.29, 0.717) is 0 Å². The maximum atomic E-state index is 4.11. The van der Waals surface area contributed by atoms with Gasteiger partial charge >= 0.3 is 0 Å². The van der Waals surface area contributed by atoms with Crippen LogP contribution in [0.5, 0.6) is 0 Å². The highest BCUT2D eigenvalue weighted by molar-refractivity contribution is 5.91. The standard InChI is InChI=1S/C21H23N/c1-14-8-6-10-17-19(14)15(2)20-16(12-13-22-5)9-7-11-18(20)21(17,3)4/h6-13H,1-5H3/b16-12-,22-13?. The maximum absolute atomic E-state index is 4.11. The number of aryl methyl sites for hydroxylation is 1. The predicted molar refractivity (Wildman–Crippen MR) is 96.1 cm³/mol. The van der Waals surface area contributed by atoms with Crippen LogP contribution in [-0.2, 0) is 5.41 Å². The lowest BCUT2D eigenvalue weighted by Gasteiger charge is -2.34. The zero-order valence-electron chi connectivity index (χ0n) is 14.1. The van der Waals surface area contributed by atoms with E-state index < -0.39 is 0 Å². The van der Waals surface area contributed by atoms with Crippen LogP contribution in [0.2, 0.25) is 0 Å². The van der Waals surface area contributed by atoms with Crippen molar-refractivity contribution >= 4 is 17.9 Å². The second-order valence-electron chi connectivity index (χ2n) is 6.59. The van der Waals surface area contributed by atoms with E-state index in [0.717, 1.165) is 0 Å². The number of rotatable bonds is 1. The van der Waals surface area contributed by atoms with E-state index in [9.17, 15) is 0 Å². The second kappa shape index (κ2) is 5.24. The Balaban J connectivity index is 2.56. The molecule has 22 heavy (non-hydrogen) atoms. The van der Waals surface area contributed by atoms with Gasteiger partial charge in [-0.15, -0.1) is 0 Å². The molecule has 0 fully saturated rings. The zero-order chi connectivity index (χ0) is 15.9. The van der Waals surface area contributed by atoms with Crippen molar-refractivity contribution in [1.82, 2.24) is 0 Å². The number of aliphatic imine (C=N–C) groups is 1. The van der Waals surface area contributed by atoms with Crippen LogP contribution in [0.15, 0.2) is 41.4 Å². The Morgan fingerprint density at radius 1 is 0.955 bits per heavy atom. The molecule has 112 valence electrons. The lowest BCUT2D eigenvalue weighted by Crippen LogP contribution is -2.41. The van der Waals surface area contributed by atoms with E-state index in [-0.39, 0.29) is 5.41 Å². The summed E-state index contributed by atoms with van der Waals surface area (Å²) in [5, 5.41) is 2.62. The van der Waals surface area contributed by atoms with Crippen LogP contribution in [-0.4, -0.2) is 13.3 Å². The van der Waals surface area contributed by atoms with E-state index in [1.807, 2.05) is 13.3 Å². The average Bonchev–Trinajstić information content (AvgIpc) is 2.50. The number of nitrogens with zero attached hydrogens (tertiary/aromatic N) is 1. The monoisotopic (exact) mass is 289 g/mol. The molecule has 0 radical (unpaired) electrons. The lowest BCUT2D eigenvalue weighted by atomic mass is 9.69. The Morgan fingerprint density at radius 2 is 1.64 bits per heavy atom. The van der Waals surface area contributed by atoms with Crippen molar-refractivity contribution in [1.29, 1.82) is 0 Å². The van der Waals surface area contributed by atoms with Crippen molar-refractivity contribution in [2.75, 3.05) is 7.05 Å². The molecule has 1 nitrogen and oxygen atoms in total. The number of benzene rings is 2. The van der Waals surface area contributed by atoms with Gasteiger partial charge in [0.2, 0.25) is 0 Å². The van der Waals surface area contributed by atoms with Gasteiger partial charge < -0.3 is 0 Å². The summed E-state index contributed by atoms with van der Waals surface area (Å²) in [6.45, 7) is 9.12. The van der Waals surface area contributed by atoms with Crippen LogP contribution in [0.1, 0.15) is 43.0 Å². The fourth-order valence-corrected chi connectivity index (χ4v) is 3.76. The van der Waals surface area contributed by atoms with Gasteiger partial charge in [0.15, 0.2) is 0 Å². The maximum Gasteiger partial charge on any atom is 0.0277 e. The van der Waals surface area contributed by atoms with Crippen molar-refractivity contribution in [3.05, 3.63) is 69.1 Å². The molecule has 1 aliphatic carbocycles. The Kier molecular flexibility index (Phi) is 3.52. The zero-order valence-corrected chi connectivity index (χ0v) is 14.1. The molecule has 3 rings (SSSR count). The van der Waals surface area contributed by atoms with Crippen molar-refractivity contribution in [3.8, 4) is 0 Å². The van der Waals surface area contributed by atoms with Gasteiger partial charge in [0.25, 0.3) is 0 Å². The van der Waals surface area contributed by atoms with Crippen LogP contribution in [0.3, 0.4) is 0 Å². The van der Waals surface area contributed by atoms with Crippen LogP contribution < -0.4 is 10.4 Å². The molecule has 0 amide bonds. The third kappa shape index (κ3) is 2.04. The second-order valence-corrected chi connectivity index (χ2v) is 6.59. The van der Waals surface area contributed by atoms with Crippen LogP contribution in [0.4, 0.5) is 0 Å². The highest BCUT2D eigenvalue weighted by Gasteiger charge is 2.31. The quantitative estimate of drug-likeness (QED) is 0.714. The highest BCUT2D eigenvalue weighted by Crippen LogP contribution is 2.38. The smallest absolute Gasteiger partial charge is 0.0277 e. The van der Waals surface area contributed by atoms with Crippen molar-refractivity contribution in [2.24, 2.45) is 4.99 Å². The molecule has 1 heteroatoms. The predicted octanol–water partition coefficient (Wildman–Crippen LogP) is 3.33. The van der Waals surface area contributed by atoms with Crippen molar-refractivity contribution in [2.45, 2.75) is 33.1 Å². The summed E-state index contributed by atoms with van der Waals surface area (Å²) in [7, 11) is 1.81. The van der Waals surface area contributed by atoms with Crippen molar-refractivity contribution in [3.63, 3.8) is 0 Å². The normalized spacial score (nSPS) is 16.8. The van der Waals surface area contributed by atoms with Crippen LogP contribution in [0.25, 0.3) is 11.6 Å². The van der Waals surface area contributed by atoms with Crippen LogP contribution >= 0.6 is 0 Å². The summed E-state index contributed by atoms with van der Waals surface area (Å²) >= 11 is 0. The van der Waals surface area contributed by atoms with Gasteiger partial charge in [-0.05, 0) is 58.2 Å². The molecule has 0 aliphatic heterocycles. The molecule has 0 unspecified atom stereocenters. The Labute approximate surface area is 132 Å². The first-order valence-electron chi connectivity index (χ1n) is 7.82. The molecule has 0 heterocycles. The highest BCUT2D eigenvalue weighted by atomic mass is 14.6. The third-order valence-corrected chi connectivity index (χ3v) is 4.87. The molecule has 0 spiro atoms. The van der Waals surface area contributed by atoms with Gasteiger partial charge in [-0.3, -0.25) is 4.99 Å². The average molecular weight is 289 g/mol. The molecular formula is C21H23N. The molecule has 2 aromatic carbocycles. The minimum absolute atomic E-state index is 0.0173. The number of hydrogen-bond acceptors (Lipinski definition) is 1. The van der Waals surface area contributed by atoms with E-state index >= 15 is 0 Å². The topological polar surface area (TPSA) is 12.4 Å². The third-order valence-electron chi connectivity index (χ3n) is 4.87. The van der Waals surface area contributed by atoms with E-state index in [1.165, 1.54) is 38.3 Å². The first kappa shape index (κ1) is 14.8. The molecule has 2 aromatic rings. The molecule has 0 bridgehead atoms. The largest absolute Gasteiger partial charge is 0.296 e. The lowest BCUT2D eigenvalue weighted by molar-refractivity contribution is 0.626. The van der Waals surface area contributed by atoms with Crippen molar-refractivity contribution < 1.29 is 0 Å². The van der Waals surface area contributed by atoms with Gasteiger partial charge in [0.05, 0.1) is 0 Å². The van der Waals surface area contributed by atoms with Gasteiger partial charge in [0, 0.05) is 18.7 Å². The first-order chi connectivity index (χ1) is 10.5. The molecule has 0 aromatic heterocycles. The minimum Gasteiger partial charge on any atom is -0.296 e. The van der Waals surface area contributed by atoms with E-state index in [1.54, 1.807) is 0 Å². The number of hydrogen-bond donors (Lipinski definition) is 0. The molecule has 0 saturated heterocycles. The summed E-state index contributed by atoms with van der Waals surface area (Å²) < 4.78 is 0. The Hall–Kier alpha value is -2.15. The fraction of sp³-hybridized carbons (Fsp3) is 0.286. The Morgan fingerprint density at radius 3 is 2.36 bits per heavy atom. The van der Waals surface area contributed by atoms with Crippen LogP contribution in [0, 0.1) is 6.92 Å². The SMILES string of the molecule is CN=C/C=c1/cccc2c1=C(C)c1c(C)cccc1C2(C)C. The molecule has 1 aliphatic rings. The first-order valence-corrected chi connectivity index (χ1v) is 7.82. The molecule has 0 saturated carbocycles. The van der Waals surface area contributed by atoms with E-state index in [4.69, 9.17) is 0 Å². The summed E-state index contributed by atoms with van der Waals surface area (Å²) in [4.78, 5) is 4.11. The molecule has 0 atom stereocenters. The Bertz CT molecular complexity index is 883. The van der Waals surface area contributed by atoms with Gasteiger partial charge in [-0.2, -0.15) is 0 Å². The van der Waals surface area contributed by atoms with Gasteiger partial charge in [-0.1, -0.05) is 50.2 Å². The van der Waals surface area contributed by atoms with E-state index in [2.05, 4.69) is 75.2 Å². The molecular weight excluding hydrogens is 266 g/mol. The van der Waals surface area contributed by atoms with Gasteiger partial charge in [0.1, 0.15) is 0 Å². The summed E-state index contributed by atoms with van der Waals surface area (Å²) in [6, 6.07) is 13.3. The minimum atomic E-state index is 0.0173. The molecule has 0 N–H and O–H groups in total. The summed E-state index contributed by atoms with van der Waals surface area (Å²) in [5.74, 6) is 0.